The van der Waals surface area contributed by atoms with E-state index in [1.807, 2.05) is 18.2 Å². The standard InChI is InChI=1S/C20H19ClN2O3/c1-11-6-8-15(21)18-13-4-3-5-14(13)20(22-19(11)18)12-7-9-17(26-2)16(10-12)23(24)25/h3-4,6-10,13-14,20,22H,5H2,1-2H3/t13-,14-,20+/m0/s1. The lowest BCUT2D eigenvalue weighted by atomic mass is 9.76. The molecule has 0 unspecified atom stereocenters. The summed E-state index contributed by atoms with van der Waals surface area (Å²) in [5, 5.41) is 15.8. The Morgan fingerprint density at radius 2 is 2.12 bits per heavy atom. The second kappa shape index (κ2) is 6.32. The first-order valence-electron chi connectivity index (χ1n) is 8.55. The molecule has 1 aliphatic heterocycles. The highest BCUT2D eigenvalue weighted by Gasteiger charge is 2.40. The minimum absolute atomic E-state index is 0.0112. The van der Waals surface area contributed by atoms with Gasteiger partial charge in [-0.15, -0.1) is 0 Å². The fraction of sp³-hybridized carbons (Fsp3) is 0.300. The fourth-order valence-electron chi connectivity index (χ4n) is 4.18. The second-order valence-electron chi connectivity index (χ2n) is 6.82. The van der Waals surface area contributed by atoms with E-state index in [4.69, 9.17) is 16.3 Å². The van der Waals surface area contributed by atoms with E-state index in [9.17, 15) is 10.1 Å². The normalized spacial score (nSPS) is 23.1. The third-order valence-electron chi connectivity index (χ3n) is 5.43. The molecule has 2 aromatic carbocycles. The first-order valence-corrected chi connectivity index (χ1v) is 8.93. The molecule has 26 heavy (non-hydrogen) atoms. The third kappa shape index (κ3) is 2.54. The molecule has 0 amide bonds. The minimum Gasteiger partial charge on any atom is -0.490 e. The molecule has 4 rings (SSSR count). The summed E-state index contributed by atoms with van der Waals surface area (Å²) < 4.78 is 5.13. The van der Waals surface area contributed by atoms with E-state index in [1.165, 1.54) is 7.11 Å². The van der Waals surface area contributed by atoms with Gasteiger partial charge in [0.15, 0.2) is 5.75 Å². The first kappa shape index (κ1) is 16.9. The summed E-state index contributed by atoms with van der Waals surface area (Å²) in [7, 11) is 1.44. The number of ether oxygens (including phenoxy) is 1. The summed E-state index contributed by atoms with van der Waals surface area (Å²) in [6, 6.07) is 9.12. The maximum atomic E-state index is 11.4. The van der Waals surface area contributed by atoms with Crippen LogP contribution in [0.3, 0.4) is 0 Å². The maximum absolute atomic E-state index is 11.4. The van der Waals surface area contributed by atoms with Crippen molar-refractivity contribution in [3.8, 4) is 5.75 Å². The molecule has 0 saturated heterocycles. The number of benzene rings is 2. The van der Waals surface area contributed by atoms with Crippen LogP contribution in [0, 0.1) is 23.0 Å². The van der Waals surface area contributed by atoms with Gasteiger partial charge in [0.05, 0.1) is 18.1 Å². The number of anilines is 1. The number of methoxy groups -OCH3 is 1. The highest BCUT2D eigenvalue weighted by molar-refractivity contribution is 6.32. The zero-order valence-corrected chi connectivity index (χ0v) is 15.3. The van der Waals surface area contributed by atoms with Crippen LogP contribution >= 0.6 is 11.6 Å². The van der Waals surface area contributed by atoms with Crippen molar-refractivity contribution in [2.24, 2.45) is 5.92 Å². The lowest BCUT2D eigenvalue weighted by molar-refractivity contribution is -0.385. The van der Waals surface area contributed by atoms with Gasteiger partial charge in [0, 0.05) is 28.3 Å². The average Bonchev–Trinajstić information content (AvgIpc) is 3.13. The summed E-state index contributed by atoms with van der Waals surface area (Å²) in [5.41, 5.74) is 4.17. The van der Waals surface area contributed by atoms with Gasteiger partial charge in [-0.25, -0.2) is 0 Å². The van der Waals surface area contributed by atoms with Crippen molar-refractivity contribution in [1.29, 1.82) is 0 Å². The highest BCUT2D eigenvalue weighted by Crippen LogP contribution is 2.53. The molecule has 0 radical (unpaired) electrons. The van der Waals surface area contributed by atoms with Crippen molar-refractivity contribution in [3.05, 3.63) is 74.3 Å². The number of fused-ring (bicyclic) bond motifs is 3. The van der Waals surface area contributed by atoms with Crippen molar-refractivity contribution in [2.45, 2.75) is 25.3 Å². The Hall–Kier alpha value is -2.53. The van der Waals surface area contributed by atoms with Crippen LogP contribution in [0.1, 0.15) is 35.1 Å². The summed E-state index contributed by atoms with van der Waals surface area (Å²) in [6.07, 6.45) is 5.29. The largest absolute Gasteiger partial charge is 0.490 e. The van der Waals surface area contributed by atoms with Crippen LogP contribution in [0.25, 0.3) is 0 Å². The quantitative estimate of drug-likeness (QED) is 0.447. The number of rotatable bonds is 3. The topological polar surface area (TPSA) is 64.4 Å². The smallest absolute Gasteiger partial charge is 0.311 e. The van der Waals surface area contributed by atoms with E-state index in [-0.39, 0.29) is 29.3 Å². The van der Waals surface area contributed by atoms with Crippen molar-refractivity contribution in [1.82, 2.24) is 0 Å². The van der Waals surface area contributed by atoms with Gasteiger partial charge in [-0.3, -0.25) is 10.1 Å². The Labute approximate surface area is 156 Å². The molecular weight excluding hydrogens is 352 g/mol. The molecule has 2 aliphatic rings. The van der Waals surface area contributed by atoms with E-state index in [1.54, 1.807) is 12.1 Å². The molecule has 3 atom stereocenters. The van der Waals surface area contributed by atoms with Gasteiger partial charge in [0.25, 0.3) is 0 Å². The molecule has 1 N–H and O–H groups in total. The lowest BCUT2D eigenvalue weighted by Crippen LogP contribution is -2.29. The second-order valence-corrected chi connectivity index (χ2v) is 7.22. The molecule has 1 heterocycles. The van der Waals surface area contributed by atoms with E-state index < -0.39 is 4.92 Å². The number of nitrogens with one attached hydrogen (secondary N) is 1. The Bertz CT molecular complexity index is 926. The number of hydrogen-bond donors (Lipinski definition) is 1. The number of nitro groups is 1. The van der Waals surface area contributed by atoms with Gasteiger partial charge >= 0.3 is 5.69 Å². The van der Waals surface area contributed by atoms with E-state index in [0.717, 1.165) is 33.8 Å². The molecule has 0 saturated carbocycles. The van der Waals surface area contributed by atoms with Crippen molar-refractivity contribution < 1.29 is 9.66 Å². The Balaban J connectivity index is 1.83. The fourth-order valence-corrected chi connectivity index (χ4v) is 4.47. The van der Waals surface area contributed by atoms with Crippen molar-refractivity contribution in [3.63, 3.8) is 0 Å². The zero-order chi connectivity index (χ0) is 18.4. The van der Waals surface area contributed by atoms with Gasteiger partial charge < -0.3 is 10.1 Å². The van der Waals surface area contributed by atoms with Gasteiger partial charge in [0.1, 0.15) is 0 Å². The Kier molecular flexibility index (Phi) is 4.11. The van der Waals surface area contributed by atoms with Crippen LogP contribution < -0.4 is 10.1 Å². The number of nitro benzene ring substituents is 1. The molecule has 0 spiro atoms. The SMILES string of the molecule is COc1ccc([C@H]2Nc3c(C)ccc(Cl)c3[C@H]3C=CC[C@@H]32)cc1[N+](=O)[O-]. The molecule has 134 valence electrons. The van der Waals surface area contributed by atoms with Crippen LogP contribution in [0.4, 0.5) is 11.4 Å². The van der Waals surface area contributed by atoms with E-state index in [0.29, 0.717) is 0 Å². The van der Waals surface area contributed by atoms with Crippen LogP contribution in [0.15, 0.2) is 42.5 Å². The van der Waals surface area contributed by atoms with Gasteiger partial charge in [0.2, 0.25) is 0 Å². The van der Waals surface area contributed by atoms with Crippen LogP contribution in [-0.4, -0.2) is 12.0 Å². The number of allylic oxidation sites excluding steroid dienone is 2. The zero-order valence-electron chi connectivity index (χ0n) is 14.5. The number of hydrogen-bond acceptors (Lipinski definition) is 4. The minimum atomic E-state index is -0.397. The molecule has 0 aromatic heterocycles. The predicted octanol–water partition coefficient (Wildman–Crippen LogP) is 5.39. The van der Waals surface area contributed by atoms with Gasteiger partial charge in [-0.05, 0) is 42.5 Å². The highest BCUT2D eigenvalue weighted by atomic mass is 35.5. The van der Waals surface area contributed by atoms with Crippen molar-refractivity contribution in [2.75, 3.05) is 12.4 Å². The lowest BCUT2D eigenvalue weighted by Gasteiger charge is -2.38. The molecule has 0 bridgehead atoms. The molecule has 0 fully saturated rings. The van der Waals surface area contributed by atoms with Gasteiger partial charge in [-0.1, -0.05) is 35.9 Å². The first-order chi connectivity index (χ1) is 12.5. The summed E-state index contributed by atoms with van der Waals surface area (Å²) in [4.78, 5) is 11.0. The molecule has 6 heteroatoms. The third-order valence-corrected chi connectivity index (χ3v) is 5.76. The monoisotopic (exact) mass is 370 g/mol. The molecule has 5 nitrogen and oxygen atoms in total. The maximum Gasteiger partial charge on any atom is 0.311 e. The average molecular weight is 371 g/mol. The van der Waals surface area contributed by atoms with E-state index >= 15 is 0 Å². The van der Waals surface area contributed by atoms with Crippen LogP contribution in [0.2, 0.25) is 5.02 Å². The summed E-state index contributed by atoms with van der Waals surface area (Å²) in [6.45, 7) is 2.05. The Morgan fingerprint density at radius 1 is 1.31 bits per heavy atom. The van der Waals surface area contributed by atoms with Crippen LogP contribution in [-0.2, 0) is 0 Å². The van der Waals surface area contributed by atoms with Crippen LogP contribution in [0.5, 0.6) is 5.75 Å². The summed E-state index contributed by atoms with van der Waals surface area (Å²) >= 11 is 6.50. The molecule has 1 aliphatic carbocycles. The number of nitrogens with zero attached hydrogens (tertiary/aromatic N) is 1. The predicted molar refractivity (Wildman–Crippen MR) is 102 cm³/mol. The summed E-state index contributed by atoms with van der Waals surface area (Å²) in [5.74, 6) is 0.759. The number of halogens is 1. The Morgan fingerprint density at radius 3 is 2.85 bits per heavy atom. The molecular formula is C20H19ClN2O3. The number of aryl methyl sites for hydroxylation is 1. The van der Waals surface area contributed by atoms with Crippen molar-refractivity contribution >= 4 is 23.0 Å². The van der Waals surface area contributed by atoms with Gasteiger partial charge in [-0.2, -0.15) is 0 Å². The molecule has 2 aromatic rings. The van der Waals surface area contributed by atoms with E-state index in [2.05, 4.69) is 24.4 Å².